The Hall–Kier alpha value is -1.24. The first-order valence-corrected chi connectivity index (χ1v) is 7.67. The van der Waals surface area contributed by atoms with Crippen LogP contribution in [0.4, 0.5) is 4.39 Å². The number of hydrogen-bond donors (Lipinski definition) is 1. The highest BCUT2D eigenvalue weighted by Crippen LogP contribution is 2.33. The zero-order valence-electron chi connectivity index (χ0n) is 11.7. The van der Waals surface area contributed by atoms with Gasteiger partial charge in [-0.25, -0.2) is 9.37 Å². The van der Waals surface area contributed by atoms with Crippen LogP contribution < -0.4 is 0 Å². The highest BCUT2D eigenvalue weighted by molar-refractivity contribution is 9.10. The third kappa shape index (κ3) is 3.02. The molecule has 0 spiro atoms. The Bertz CT molecular complexity index is 605. The van der Waals surface area contributed by atoms with E-state index in [-0.39, 0.29) is 18.0 Å². The predicted octanol–water partition coefficient (Wildman–Crippen LogP) is 3.27. The van der Waals surface area contributed by atoms with Gasteiger partial charge in [0.2, 0.25) is 0 Å². The van der Waals surface area contributed by atoms with Crippen molar-refractivity contribution in [1.29, 1.82) is 0 Å². The maximum atomic E-state index is 14.2. The molecule has 3 rings (SSSR count). The lowest BCUT2D eigenvalue weighted by Gasteiger charge is -2.23. The summed E-state index contributed by atoms with van der Waals surface area (Å²) >= 11 is 3.24. The Morgan fingerprint density at radius 2 is 2.38 bits per heavy atom. The third-order valence-electron chi connectivity index (χ3n) is 3.94. The molecule has 0 radical (unpaired) electrons. The van der Waals surface area contributed by atoms with Crippen molar-refractivity contribution in [3.8, 4) is 0 Å². The molecule has 1 aromatic heterocycles. The molecule has 1 saturated heterocycles. The SMILES string of the molecule is CO[C@@H]1C[C@@H](c2ncc[nH]2)N(Cc2cccc(Br)c2F)C1. The molecule has 1 N–H and O–H groups in total. The van der Waals surface area contributed by atoms with Gasteiger partial charge in [-0.15, -0.1) is 0 Å². The molecule has 0 aliphatic carbocycles. The molecule has 1 aliphatic heterocycles. The lowest BCUT2D eigenvalue weighted by molar-refractivity contribution is 0.107. The number of nitrogens with one attached hydrogen (secondary N) is 1. The quantitative estimate of drug-likeness (QED) is 0.916. The minimum atomic E-state index is -0.198. The minimum absolute atomic E-state index is 0.128. The van der Waals surface area contributed by atoms with Crippen LogP contribution in [0.1, 0.15) is 23.9 Å². The van der Waals surface area contributed by atoms with Gasteiger partial charge >= 0.3 is 0 Å². The zero-order chi connectivity index (χ0) is 14.8. The standard InChI is InChI=1S/C15H17BrFN3O/c1-21-11-7-13(15-18-5-6-19-15)20(9-11)8-10-3-2-4-12(16)14(10)17/h2-6,11,13H,7-9H2,1H3,(H,18,19)/t11-,13+/m1/s1. The van der Waals surface area contributed by atoms with E-state index in [1.165, 1.54) is 0 Å². The van der Waals surface area contributed by atoms with Gasteiger partial charge in [0.25, 0.3) is 0 Å². The van der Waals surface area contributed by atoms with E-state index in [2.05, 4.69) is 30.8 Å². The monoisotopic (exact) mass is 353 g/mol. The third-order valence-corrected chi connectivity index (χ3v) is 4.55. The fourth-order valence-electron chi connectivity index (χ4n) is 2.84. The number of likely N-dealkylation sites (tertiary alicyclic amines) is 1. The van der Waals surface area contributed by atoms with E-state index < -0.39 is 0 Å². The average Bonchev–Trinajstić information content (AvgIpc) is 3.12. The first-order valence-electron chi connectivity index (χ1n) is 6.88. The molecule has 0 unspecified atom stereocenters. The van der Waals surface area contributed by atoms with E-state index in [0.29, 0.717) is 16.6 Å². The molecule has 0 bridgehead atoms. The Morgan fingerprint density at radius 1 is 1.52 bits per heavy atom. The van der Waals surface area contributed by atoms with Crippen molar-refractivity contribution >= 4 is 15.9 Å². The van der Waals surface area contributed by atoms with Crippen LogP contribution in [0.5, 0.6) is 0 Å². The number of aromatic amines is 1. The Kier molecular flexibility index (Phi) is 4.37. The largest absolute Gasteiger partial charge is 0.380 e. The minimum Gasteiger partial charge on any atom is -0.380 e. The van der Waals surface area contributed by atoms with Crippen LogP contribution >= 0.6 is 15.9 Å². The normalized spacial score (nSPS) is 22.8. The van der Waals surface area contributed by atoms with Gasteiger partial charge in [-0.3, -0.25) is 4.90 Å². The second-order valence-corrected chi connectivity index (χ2v) is 6.08. The second kappa shape index (κ2) is 6.25. The van der Waals surface area contributed by atoms with Crippen molar-refractivity contribution in [2.75, 3.05) is 13.7 Å². The van der Waals surface area contributed by atoms with E-state index in [1.807, 2.05) is 18.3 Å². The first kappa shape index (κ1) is 14.7. The number of nitrogens with zero attached hydrogens (tertiary/aromatic N) is 2. The lowest BCUT2D eigenvalue weighted by Crippen LogP contribution is -2.25. The Labute approximate surface area is 131 Å². The summed E-state index contributed by atoms with van der Waals surface area (Å²) in [4.78, 5) is 9.70. The van der Waals surface area contributed by atoms with E-state index in [9.17, 15) is 4.39 Å². The zero-order valence-corrected chi connectivity index (χ0v) is 13.3. The maximum absolute atomic E-state index is 14.2. The summed E-state index contributed by atoms with van der Waals surface area (Å²) in [5, 5.41) is 0. The summed E-state index contributed by atoms with van der Waals surface area (Å²) < 4.78 is 20.1. The number of rotatable bonds is 4. The van der Waals surface area contributed by atoms with Crippen molar-refractivity contribution < 1.29 is 9.13 Å². The molecule has 0 saturated carbocycles. The molecule has 1 fully saturated rings. The van der Waals surface area contributed by atoms with Gasteiger partial charge in [0.15, 0.2) is 0 Å². The van der Waals surface area contributed by atoms with Gasteiger partial charge < -0.3 is 9.72 Å². The fourth-order valence-corrected chi connectivity index (χ4v) is 3.25. The molecule has 112 valence electrons. The molecule has 6 heteroatoms. The number of ether oxygens (including phenoxy) is 1. The topological polar surface area (TPSA) is 41.1 Å². The van der Waals surface area contributed by atoms with Gasteiger partial charge in [-0.2, -0.15) is 0 Å². The average molecular weight is 354 g/mol. The molecular weight excluding hydrogens is 337 g/mol. The van der Waals surface area contributed by atoms with Crippen LogP contribution in [0.3, 0.4) is 0 Å². The van der Waals surface area contributed by atoms with Crippen LogP contribution in [0.15, 0.2) is 35.1 Å². The number of aromatic nitrogens is 2. The Morgan fingerprint density at radius 3 is 3.10 bits per heavy atom. The van der Waals surface area contributed by atoms with E-state index in [4.69, 9.17) is 4.74 Å². The lowest BCUT2D eigenvalue weighted by atomic mass is 10.1. The summed E-state index contributed by atoms with van der Waals surface area (Å²) in [6.45, 7) is 1.31. The van der Waals surface area contributed by atoms with Crippen LogP contribution in [0.2, 0.25) is 0 Å². The number of halogens is 2. The number of H-pyrrole nitrogens is 1. The van der Waals surface area contributed by atoms with Crippen LogP contribution in [-0.2, 0) is 11.3 Å². The van der Waals surface area contributed by atoms with Crippen molar-refractivity contribution in [2.24, 2.45) is 0 Å². The van der Waals surface area contributed by atoms with Gasteiger partial charge in [0, 0.05) is 38.2 Å². The summed E-state index contributed by atoms with van der Waals surface area (Å²) in [6, 6.07) is 5.52. The van der Waals surface area contributed by atoms with Crippen LogP contribution in [0.25, 0.3) is 0 Å². The van der Waals surface area contributed by atoms with Gasteiger partial charge in [-0.05, 0) is 28.4 Å². The maximum Gasteiger partial charge on any atom is 0.141 e. The molecule has 2 aromatic rings. The van der Waals surface area contributed by atoms with Crippen LogP contribution in [-0.4, -0.2) is 34.6 Å². The van der Waals surface area contributed by atoms with Crippen molar-refractivity contribution in [1.82, 2.24) is 14.9 Å². The van der Waals surface area contributed by atoms with Gasteiger partial charge in [0.05, 0.1) is 16.6 Å². The van der Waals surface area contributed by atoms with Crippen LogP contribution in [0, 0.1) is 5.82 Å². The molecule has 1 aliphatic rings. The summed E-state index contributed by atoms with van der Waals surface area (Å²) in [7, 11) is 1.72. The molecule has 21 heavy (non-hydrogen) atoms. The Balaban J connectivity index is 1.83. The van der Waals surface area contributed by atoms with E-state index in [1.54, 1.807) is 19.4 Å². The fraction of sp³-hybridized carbons (Fsp3) is 0.400. The van der Waals surface area contributed by atoms with E-state index >= 15 is 0 Å². The summed E-state index contributed by atoms with van der Waals surface area (Å²) in [5.41, 5.74) is 0.678. The smallest absolute Gasteiger partial charge is 0.141 e. The van der Waals surface area contributed by atoms with Gasteiger partial charge in [-0.1, -0.05) is 12.1 Å². The summed E-state index contributed by atoms with van der Waals surface area (Å²) in [5.74, 6) is 0.710. The highest BCUT2D eigenvalue weighted by atomic mass is 79.9. The van der Waals surface area contributed by atoms with Crippen molar-refractivity contribution in [2.45, 2.75) is 25.1 Å². The number of methoxy groups -OCH3 is 1. The summed E-state index contributed by atoms with van der Waals surface area (Å²) in [6.07, 6.45) is 4.57. The van der Waals surface area contributed by atoms with Crippen molar-refractivity contribution in [3.63, 3.8) is 0 Å². The molecule has 1 aromatic carbocycles. The van der Waals surface area contributed by atoms with Gasteiger partial charge in [0.1, 0.15) is 11.6 Å². The molecule has 4 nitrogen and oxygen atoms in total. The predicted molar refractivity (Wildman–Crippen MR) is 81.3 cm³/mol. The molecule has 2 heterocycles. The first-order chi connectivity index (χ1) is 10.2. The number of benzene rings is 1. The molecular formula is C15H17BrFN3O. The second-order valence-electron chi connectivity index (χ2n) is 5.23. The number of hydrogen-bond acceptors (Lipinski definition) is 3. The molecule has 2 atom stereocenters. The van der Waals surface area contributed by atoms with E-state index in [0.717, 1.165) is 18.8 Å². The van der Waals surface area contributed by atoms with Crippen molar-refractivity contribution in [3.05, 3.63) is 52.3 Å². The highest BCUT2D eigenvalue weighted by Gasteiger charge is 2.35. The molecule has 0 amide bonds. The number of imidazole rings is 1.